The van der Waals surface area contributed by atoms with E-state index < -0.39 is 0 Å². The van der Waals surface area contributed by atoms with E-state index in [1.54, 1.807) is 7.11 Å². The van der Waals surface area contributed by atoms with Gasteiger partial charge < -0.3 is 15.0 Å². The molecule has 9 heteroatoms. The Bertz CT molecular complexity index is 1060. The maximum absolute atomic E-state index is 6.58. The first-order chi connectivity index (χ1) is 15.1. The third-order valence-corrected chi connectivity index (χ3v) is 6.45. The number of hydrogen-bond acceptors (Lipinski definition) is 8. The second kappa shape index (κ2) is 9.99. The van der Waals surface area contributed by atoms with Crippen LogP contribution in [0, 0.1) is 0 Å². The second-order valence-electron chi connectivity index (χ2n) is 7.54. The van der Waals surface area contributed by atoms with Crippen LogP contribution in [0.4, 0.5) is 5.82 Å². The molecule has 7 nitrogen and oxygen atoms in total. The topological polar surface area (TPSA) is 66.4 Å². The summed E-state index contributed by atoms with van der Waals surface area (Å²) < 4.78 is 5.38. The standard InChI is InChI=1S/C22H27ClN6OS/c1-28-9-11-29(12-10-28)8-7-24-21-20-15(14-25-22(27-20)31-3)13-17(26-21)16-5-4-6-18(30-2)19(16)23/h4-6,13-14H,7-12H2,1-3H3,(H,24,26). The molecule has 3 aromatic rings. The van der Waals surface area contributed by atoms with Gasteiger partial charge in [0.25, 0.3) is 0 Å². The zero-order valence-corrected chi connectivity index (χ0v) is 19.6. The summed E-state index contributed by atoms with van der Waals surface area (Å²) >= 11 is 8.10. The van der Waals surface area contributed by atoms with Gasteiger partial charge >= 0.3 is 0 Å². The number of halogens is 1. The molecule has 164 valence electrons. The molecule has 0 spiro atoms. The number of methoxy groups -OCH3 is 1. The number of nitrogens with zero attached hydrogens (tertiary/aromatic N) is 5. The number of likely N-dealkylation sites (N-methyl/N-ethyl adjacent to an activating group) is 1. The van der Waals surface area contributed by atoms with Gasteiger partial charge in [-0.2, -0.15) is 0 Å². The molecule has 0 aliphatic carbocycles. The monoisotopic (exact) mass is 458 g/mol. The van der Waals surface area contributed by atoms with Gasteiger partial charge in [0.1, 0.15) is 11.3 Å². The maximum atomic E-state index is 6.58. The fraction of sp³-hybridized carbons (Fsp3) is 0.409. The van der Waals surface area contributed by atoms with E-state index in [9.17, 15) is 0 Å². The third-order valence-electron chi connectivity index (χ3n) is 5.50. The Balaban J connectivity index is 1.65. The highest BCUT2D eigenvalue weighted by Gasteiger charge is 2.16. The summed E-state index contributed by atoms with van der Waals surface area (Å²) in [6.45, 7) is 6.14. The number of anilines is 1. The van der Waals surface area contributed by atoms with Crippen molar-refractivity contribution in [3.63, 3.8) is 0 Å². The third kappa shape index (κ3) is 5.03. The highest BCUT2D eigenvalue weighted by atomic mass is 35.5. The molecule has 3 heterocycles. The van der Waals surface area contributed by atoms with Gasteiger partial charge in [0.05, 0.1) is 17.8 Å². The highest BCUT2D eigenvalue weighted by Crippen LogP contribution is 2.36. The minimum Gasteiger partial charge on any atom is -0.495 e. The van der Waals surface area contributed by atoms with Crippen LogP contribution in [-0.4, -0.2) is 84.4 Å². The smallest absolute Gasteiger partial charge is 0.187 e. The zero-order valence-electron chi connectivity index (χ0n) is 18.1. The summed E-state index contributed by atoms with van der Waals surface area (Å²) in [6.07, 6.45) is 3.82. The summed E-state index contributed by atoms with van der Waals surface area (Å²) in [4.78, 5) is 18.9. The normalized spacial score (nSPS) is 15.4. The van der Waals surface area contributed by atoms with E-state index in [2.05, 4.69) is 27.1 Å². The van der Waals surface area contributed by atoms with Crippen molar-refractivity contribution in [1.82, 2.24) is 24.8 Å². The van der Waals surface area contributed by atoms with Crippen LogP contribution in [0.5, 0.6) is 5.75 Å². The molecule has 0 radical (unpaired) electrons. The summed E-state index contributed by atoms with van der Waals surface area (Å²) in [5.41, 5.74) is 2.40. The molecule has 1 aliphatic heterocycles. The molecule has 1 N–H and O–H groups in total. The van der Waals surface area contributed by atoms with Crippen molar-refractivity contribution in [3.05, 3.63) is 35.5 Å². The van der Waals surface area contributed by atoms with Gasteiger partial charge in [0, 0.05) is 56.4 Å². The number of nitrogens with one attached hydrogen (secondary N) is 1. The zero-order chi connectivity index (χ0) is 21.8. The SMILES string of the molecule is COc1cccc(-c2cc3cnc(SC)nc3c(NCCN3CCN(C)CC3)n2)c1Cl. The van der Waals surface area contributed by atoms with Gasteiger partial charge in [-0.1, -0.05) is 35.5 Å². The number of aromatic nitrogens is 3. The lowest BCUT2D eigenvalue weighted by molar-refractivity contribution is 0.158. The van der Waals surface area contributed by atoms with E-state index in [4.69, 9.17) is 26.3 Å². The van der Waals surface area contributed by atoms with E-state index in [-0.39, 0.29) is 0 Å². The summed E-state index contributed by atoms with van der Waals surface area (Å²) in [5.74, 6) is 1.37. The molecule has 0 unspecified atom stereocenters. The van der Waals surface area contributed by atoms with Crippen LogP contribution in [0.25, 0.3) is 22.2 Å². The predicted octanol–water partition coefficient (Wildman–Crippen LogP) is 3.74. The molecular formula is C22H27ClN6OS. The predicted molar refractivity (Wildman–Crippen MR) is 129 cm³/mol. The molecule has 31 heavy (non-hydrogen) atoms. The Kier molecular flexibility index (Phi) is 7.12. The number of pyridine rings is 1. The Labute approximate surface area is 192 Å². The lowest BCUT2D eigenvalue weighted by Crippen LogP contribution is -2.45. The quantitative estimate of drug-likeness (QED) is 0.424. The minimum absolute atomic E-state index is 0.543. The Morgan fingerprint density at radius 3 is 2.74 bits per heavy atom. The van der Waals surface area contributed by atoms with Crippen molar-refractivity contribution in [1.29, 1.82) is 0 Å². The van der Waals surface area contributed by atoms with E-state index in [1.165, 1.54) is 11.8 Å². The summed E-state index contributed by atoms with van der Waals surface area (Å²) in [6, 6.07) is 7.69. The van der Waals surface area contributed by atoms with Crippen molar-refractivity contribution in [2.45, 2.75) is 5.16 Å². The Morgan fingerprint density at radius 1 is 1.19 bits per heavy atom. The van der Waals surface area contributed by atoms with Crippen molar-refractivity contribution in [2.75, 3.05) is 65.0 Å². The molecule has 1 aliphatic rings. The average molecular weight is 459 g/mol. The Morgan fingerprint density at radius 2 is 2.00 bits per heavy atom. The molecule has 0 saturated carbocycles. The van der Waals surface area contributed by atoms with Crippen molar-refractivity contribution >= 4 is 40.1 Å². The number of benzene rings is 1. The van der Waals surface area contributed by atoms with E-state index in [0.29, 0.717) is 10.8 Å². The lowest BCUT2D eigenvalue weighted by Gasteiger charge is -2.32. The summed E-state index contributed by atoms with van der Waals surface area (Å²) in [5, 5.41) is 5.70. The molecule has 0 amide bonds. The molecule has 4 rings (SSSR count). The molecule has 0 atom stereocenters. The van der Waals surface area contributed by atoms with Crippen molar-refractivity contribution in [2.24, 2.45) is 0 Å². The minimum atomic E-state index is 0.543. The largest absolute Gasteiger partial charge is 0.495 e. The lowest BCUT2D eigenvalue weighted by atomic mass is 10.1. The molecule has 2 aromatic heterocycles. The first-order valence-electron chi connectivity index (χ1n) is 10.3. The first kappa shape index (κ1) is 22.1. The van der Waals surface area contributed by atoms with E-state index in [1.807, 2.05) is 36.7 Å². The molecule has 0 bridgehead atoms. The number of thioether (sulfide) groups is 1. The number of piperazine rings is 1. The van der Waals surface area contributed by atoms with Gasteiger partial charge in [0.2, 0.25) is 0 Å². The van der Waals surface area contributed by atoms with Gasteiger partial charge in [-0.15, -0.1) is 0 Å². The number of rotatable bonds is 7. The molecule has 1 aromatic carbocycles. The summed E-state index contributed by atoms with van der Waals surface area (Å²) in [7, 11) is 3.78. The molecule has 1 saturated heterocycles. The van der Waals surface area contributed by atoms with E-state index >= 15 is 0 Å². The number of hydrogen-bond donors (Lipinski definition) is 1. The second-order valence-corrected chi connectivity index (χ2v) is 8.70. The fourth-order valence-electron chi connectivity index (χ4n) is 3.65. The number of ether oxygens (including phenoxy) is 1. The maximum Gasteiger partial charge on any atom is 0.187 e. The van der Waals surface area contributed by atoms with Crippen LogP contribution in [0.1, 0.15) is 0 Å². The Hall–Kier alpha value is -2.13. The molecule has 1 fully saturated rings. The van der Waals surface area contributed by atoms with Crippen LogP contribution in [0.3, 0.4) is 0 Å². The van der Waals surface area contributed by atoms with Crippen LogP contribution in [0.2, 0.25) is 5.02 Å². The van der Waals surface area contributed by atoms with E-state index in [0.717, 1.165) is 72.4 Å². The van der Waals surface area contributed by atoms with Gasteiger partial charge in [0.15, 0.2) is 11.0 Å². The van der Waals surface area contributed by atoms with Crippen LogP contribution in [-0.2, 0) is 0 Å². The number of fused-ring (bicyclic) bond motifs is 1. The fourth-order valence-corrected chi connectivity index (χ4v) is 4.29. The van der Waals surface area contributed by atoms with Crippen molar-refractivity contribution in [3.8, 4) is 17.0 Å². The molecular weight excluding hydrogens is 432 g/mol. The average Bonchev–Trinajstić information content (AvgIpc) is 2.80. The first-order valence-corrected chi connectivity index (χ1v) is 11.9. The van der Waals surface area contributed by atoms with Gasteiger partial charge in [-0.3, -0.25) is 4.90 Å². The van der Waals surface area contributed by atoms with Crippen LogP contribution < -0.4 is 10.1 Å². The van der Waals surface area contributed by atoms with Gasteiger partial charge in [-0.05, 0) is 25.4 Å². The van der Waals surface area contributed by atoms with Crippen molar-refractivity contribution < 1.29 is 4.74 Å². The van der Waals surface area contributed by atoms with Crippen LogP contribution in [0.15, 0.2) is 35.6 Å². The van der Waals surface area contributed by atoms with Crippen LogP contribution >= 0.6 is 23.4 Å². The highest BCUT2D eigenvalue weighted by molar-refractivity contribution is 7.98. The van der Waals surface area contributed by atoms with Gasteiger partial charge in [-0.25, -0.2) is 15.0 Å².